The van der Waals surface area contributed by atoms with Gasteiger partial charge in [-0.3, -0.25) is 0 Å². The van der Waals surface area contributed by atoms with E-state index in [1.54, 1.807) is 0 Å². The van der Waals surface area contributed by atoms with Crippen molar-refractivity contribution >= 4 is 17.1 Å². The van der Waals surface area contributed by atoms with Crippen LogP contribution in [-0.2, 0) is 17.4 Å². The maximum Gasteiger partial charge on any atom is 0.407 e. The third kappa shape index (κ3) is 3.47. The Kier molecular flexibility index (Phi) is 4.71. The highest BCUT2D eigenvalue weighted by atomic mass is 32.2. The van der Waals surface area contributed by atoms with Crippen molar-refractivity contribution in [2.45, 2.75) is 57.7 Å². The van der Waals surface area contributed by atoms with E-state index in [1.807, 2.05) is 20.8 Å². The number of nitrogens with one attached hydrogen (secondary N) is 1. The molecule has 0 radical (unpaired) electrons. The van der Waals surface area contributed by atoms with Crippen LogP contribution in [0.1, 0.15) is 56.3 Å². The van der Waals surface area contributed by atoms with Crippen LogP contribution >= 0.6 is 0 Å². The smallest absolute Gasteiger partial charge is 0.407 e. The summed E-state index contributed by atoms with van der Waals surface area (Å²) in [6.07, 6.45) is 1.68. The van der Waals surface area contributed by atoms with E-state index in [1.165, 1.54) is 21.6 Å². The van der Waals surface area contributed by atoms with Gasteiger partial charge < -0.3 is 10.0 Å². The molecule has 2 N–H and O–H groups in total. The highest BCUT2D eigenvalue weighted by Crippen LogP contribution is 2.52. The number of hydrogen-bond acceptors (Lipinski definition) is 2. The first-order valence-corrected chi connectivity index (χ1v) is 10.0. The number of hydrogen-bond donors (Lipinski definition) is 2. The molecule has 2 aliphatic rings. The summed E-state index contributed by atoms with van der Waals surface area (Å²) in [5, 5.41) is 9.26. The minimum absolute atomic E-state index is 0.0131. The number of benzene rings is 1. The highest BCUT2D eigenvalue weighted by molar-refractivity contribution is 7.84. The lowest BCUT2D eigenvalue weighted by atomic mass is 9.73. The monoisotopic (exact) mass is 364 g/mol. The number of aryl methyl sites for hydroxylation is 1. The Morgan fingerprint density at radius 2 is 1.96 bits per heavy atom. The van der Waals surface area contributed by atoms with Crippen LogP contribution in [0.15, 0.2) is 18.2 Å². The number of carboxylic acid groups (broad SMARTS) is 1. The topological polar surface area (TPSA) is 69.6 Å². The SMILES string of the molecule is Cc1ccc2c(c1)CC1(CCN(C(=O)O)CC1)[C@@H]2N[S@](=O)C(C)(C)C. The van der Waals surface area contributed by atoms with Crippen LogP contribution in [-0.4, -0.2) is 38.1 Å². The fourth-order valence-electron chi connectivity index (χ4n) is 4.06. The van der Waals surface area contributed by atoms with E-state index < -0.39 is 17.1 Å². The van der Waals surface area contributed by atoms with Crippen LogP contribution in [0.2, 0.25) is 0 Å². The van der Waals surface area contributed by atoms with Crippen molar-refractivity contribution in [2.24, 2.45) is 5.41 Å². The Hall–Kier alpha value is -1.40. The lowest BCUT2D eigenvalue weighted by Gasteiger charge is -2.43. The van der Waals surface area contributed by atoms with Crippen molar-refractivity contribution in [1.82, 2.24) is 9.62 Å². The molecule has 1 fully saturated rings. The molecule has 1 amide bonds. The van der Waals surface area contributed by atoms with Crippen LogP contribution in [0.3, 0.4) is 0 Å². The van der Waals surface area contributed by atoms with Crippen LogP contribution in [0.5, 0.6) is 0 Å². The van der Waals surface area contributed by atoms with Gasteiger partial charge >= 0.3 is 6.09 Å². The van der Waals surface area contributed by atoms with Crippen LogP contribution in [0.4, 0.5) is 4.79 Å². The molecule has 1 spiro atoms. The zero-order valence-corrected chi connectivity index (χ0v) is 16.3. The van der Waals surface area contributed by atoms with E-state index in [0.717, 1.165) is 19.3 Å². The van der Waals surface area contributed by atoms with Gasteiger partial charge in [0.25, 0.3) is 0 Å². The molecule has 1 heterocycles. The van der Waals surface area contributed by atoms with Crippen molar-refractivity contribution in [3.8, 4) is 0 Å². The van der Waals surface area contributed by atoms with Gasteiger partial charge in [-0.25, -0.2) is 13.7 Å². The lowest BCUT2D eigenvalue weighted by Crippen LogP contribution is -2.48. The predicted molar refractivity (Wildman–Crippen MR) is 99.9 cm³/mol. The molecule has 138 valence electrons. The summed E-state index contributed by atoms with van der Waals surface area (Å²) in [7, 11) is -1.16. The Labute approximate surface area is 152 Å². The van der Waals surface area contributed by atoms with Gasteiger partial charge in [0.15, 0.2) is 0 Å². The minimum atomic E-state index is -1.16. The molecule has 0 aromatic heterocycles. The zero-order chi connectivity index (χ0) is 18.4. The molecule has 3 rings (SSSR count). The van der Waals surface area contributed by atoms with Crippen molar-refractivity contribution in [1.29, 1.82) is 0 Å². The summed E-state index contributed by atoms with van der Waals surface area (Å²) < 4.78 is 15.9. The molecular weight excluding hydrogens is 336 g/mol. The van der Waals surface area contributed by atoms with Crippen molar-refractivity contribution in [3.63, 3.8) is 0 Å². The zero-order valence-electron chi connectivity index (χ0n) is 15.5. The third-order valence-electron chi connectivity index (χ3n) is 5.58. The summed E-state index contributed by atoms with van der Waals surface area (Å²) >= 11 is 0. The summed E-state index contributed by atoms with van der Waals surface area (Å²) in [6, 6.07) is 6.50. The Morgan fingerprint density at radius 3 is 2.52 bits per heavy atom. The molecule has 1 aromatic rings. The molecule has 6 heteroatoms. The van der Waals surface area contributed by atoms with E-state index in [-0.39, 0.29) is 16.2 Å². The van der Waals surface area contributed by atoms with Gasteiger partial charge in [0.05, 0.1) is 21.8 Å². The predicted octanol–water partition coefficient (Wildman–Crippen LogP) is 3.40. The third-order valence-corrected chi connectivity index (χ3v) is 7.14. The highest BCUT2D eigenvalue weighted by Gasteiger charge is 2.49. The number of nitrogens with zero attached hydrogens (tertiary/aromatic N) is 1. The fourth-order valence-corrected chi connectivity index (χ4v) is 5.01. The molecule has 1 aliphatic heterocycles. The number of carbonyl (C=O) groups is 1. The molecule has 25 heavy (non-hydrogen) atoms. The molecule has 1 saturated heterocycles. The Balaban J connectivity index is 1.92. The maximum absolute atomic E-state index is 12.8. The standard InChI is InChI=1S/C19H28N2O3S/c1-13-5-6-15-14(11-13)12-19(7-9-21(10-8-19)17(22)23)16(15)20-25(24)18(2,3)4/h5-6,11,16,20H,7-10,12H2,1-4H3,(H,22,23)/t16-,25-/m1/s1. The number of rotatable bonds is 2. The molecule has 1 aliphatic carbocycles. The second-order valence-electron chi connectivity index (χ2n) is 8.44. The van der Waals surface area contributed by atoms with Crippen molar-refractivity contribution in [2.75, 3.05) is 13.1 Å². The van der Waals surface area contributed by atoms with Gasteiger partial charge in [0.1, 0.15) is 0 Å². The number of piperidine rings is 1. The quantitative estimate of drug-likeness (QED) is 0.845. The summed E-state index contributed by atoms with van der Waals surface area (Å²) in [5.74, 6) is 0. The lowest BCUT2D eigenvalue weighted by molar-refractivity contribution is 0.0768. The van der Waals surface area contributed by atoms with Gasteiger partial charge in [0, 0.05) is 13.1 Å². The normalized spacial score (nSPS) is 23.5. The largest absolute Gasteiger partial charge is 0.465 e. The number of fused-ring (bicyclic) bond motifs is 1. The van der Waals surface area contributed by atoms with Crippen LogP contribution in [0, 0.1) is 12.3 Å². The molecule has 5 nitrogen and oxygen atoms in total. The van der Waals surface area contributed by atoms with E-state index >= 15 is 0 Å². The van der Waals surface area contributed by atoms with Crippen molar-refractivity contribution < 1.29 is 14.1 Å². The maximum atomic E-state index is 12.8. The summed E-state index contributed by atoms with van der Waals surface area (Å²) in [6.45, 7) is 9.10. The molecule has 0 saturated carbocycles. The Bertz CT molecular complexity index is 703. The first-order chi connectivity index (χ1) is 11.6. The molecule has 1 aromatic carbocycles. The molecule has 0 unspecified atom stereocenters. The molecular formula is C19H28N2O3S. The Morgan fingerprint density at radius 1 is 1.32 bits per heavy atom. The molecule has 2 atom stereocenters. The average molecular weight is 365 g/mol. The molecule has 0 bridgehead atoms. The van der Waals surface area contributed by atoms with Gasteiger partial charge in [-0.05, 0) is 63.5 Å². The fraction of sp³-hybridized carbons (Fsp3) is 0.632. The first-order valence-electron chi connectivity index (χ1n) is 8.88. The number of likely N-dealkylation sites (tertiary alicyclic amines) is 1. The van der Waals surface area contributed by atoms with E-state index in [2.05, 4.69) is 29.8 Å². The van der Waals surface area contributed by atoms with E-state index in [0.29, 0.717) is 13.1 Å². The summed E-state index contributed by atoms with van der Waals surface area (Å²) in [4.78, 5) is 12.8. The number of amides is 1. The average Bonchev–Trinajstić information content (AvgIpc) is 2.79. The van der Waals surface area contributed by atoms with Crippen LogP contribution < -0.4 is 4.72 Å². The van der Waals surface area contributed by atoms with Gasteiger partial charge in [-0.2, -0.15) is 0 Å². The van der Waals surface area contributed by atoms with Crippen molar-refractivity contribution in [3.05, 3.63) is 34.9 Å². The van der Waals surface area contributed by atoms with Gasteiger partial charge in [0.2, 0.25) is 0 Å². The minimum Gasteiger partial charge on any atom is -0.465 e. The summed E-state index contributed by atoms with van der Waals surface area (Å²) in [5.41, 5.74) is 3.72. The van der Waals surface area contributed by atoms with E-state index in [9.17, 15) is 14.1 Å². The van der Waals surface area contributed by atoms with Gasteiger partial charge in [-0.1, -0.05) is 23.8 Å². The second kappa shape index (κ2) is 6.40. The first kappa shape index (κ1) is 18.4. The second-order valence-corrected chi connectivity index (χ2v) is 10.4. The van der Waals surface area contributed by atoms with E-state index in [4.69, 9.17) is 0 Å². The van der Waals surface area contributed by atoms with Gasteiger partial charge in [-0.15, -0.1) is 0 Å². The van der Waals surface area contributed by atoms with Crippen LogP contribution in [0.25, 0.3) is 0 Å².